The molecule has 30 heavy (non-hydrogen) atoms. The van der Waals surface area contributed by atoms with Crippen molar-refractivity contribution in [3.63, 3.8) is 0 Å². The van der Waals surface area contributed by atoms with Gasteiger partial charge in [-0.15, -0.1) is 0 Å². The summed E-state index contributed by atoms with van der Waals surface area (Å²) < 4.78 is 48.8. The highest BCUT2D eigenvalue weighted by atomic mass is 19.4. The third-order valence-electron chi connectivity index (χ3n) is 4.24. The molecule has 3 rings (SSSR count). The molecule has 0 radical (unpaired) electrons. The van der Waals surface area contributed by atoms with E-state index in [1.54, 1.807) is 18.2 Å². The first-order chi connectivity index (χ1) is 14.3. The molecule has 2 aromatic carbocycles. The second-order valence-corrected chi connectivity index (χ2v) is 6.44. The number of ketones is 1. The van der Waals surface area contributed by atoms with Gasteiger partial charge >= 0.3 is 6.18 Å². The highest BCUT2D eigenvalue weighted by Crippen LogP contribution is 2.31. The summed E-state index contributed by atoms with van der Waals surface area (Å²) in [6.07, 6.45) is -4.46. The summed E-state index contributed by atoms with van der Waals surface area (Å²) in [7, 11) is 0. The van der Waals surface area contributed by atoms with Gasteiger partial charge in [-0.25, -0.2) is 0 Å². The molecule has 0 aliphatic carbocycles. The Morgan fingerprint density at radius 2 is 1.77 bits per heavy atom. The molecular formula is C22H18F3NO4. The molecule has 0 unspecified atom stereocenters. The molecule has 5 nitrogen and oxygen atoms in total. The second kappa shape index (κ2) is 9.35. The number of benzene rings is 2. The quantitative estimate of drug-likeness (QED) is 0.596. The Kier molecular flexibility index (Phi) is 6.62. The van der Waals surface area contributed by atoms with Gasteiger partial charge < -0.3 is 14.8 Å². The molecule has 1 N–H and O–H groups in total. The monoisotopic (exact) mass is 417 g/mol. The van der Waals surface area contributed by atoms with Crippen LogP contribution in [-0.4, -0.2) is 31.4 Å². The van der Waals surface area contributed by atoms with E-state index in [0.29, 0.717) is 30.3 Å². The van der Waals surface area contributed by atoms with E-state index in [9.17, 15) is 22.8 Å². The van der Waals surface area contributed by atoms with Gasteiger partial charge in [0, 0.05) is 24.0 Å². The molecule has 0 bridgehead atoms. The molecular weight excluding hydrogens is 399 g/mol. The fourth-order valence-corrected chi connectivity index (χ4v) is 2.74. The lowest BCUT2D eigenvalue weighted by Gasteiger charge is -2.18. The molecule has 156 valence electrons. The molecule has 1 amide bonds. The van der Waals surface area contributed by atoms with Crippen molar-refractivity contribution in [2.24, 2.45) is 0 Å². The first kappa shape index (κ1) is 21.2. The molecule has 0 saturated heterocycles. The van der Waals surface area contributed by atoms with Gasteiger partial charge in [0.15, 0.2) is 17.3 Å². The van der Waals surface area contributed by atoms with Crippen LogP contribution in [0.25, 0.3) is 0 Å². The molecule has 1 heterocycles. The van der Waals surface area contributed by atoms with Crippen molar-refractivity contribution in [1.29, 1.82) is 0 Å². The SMILES string of the molecule is O=C(CCC(=O)c1ccc2c(c1)OCCO2)NCC#Cc1cccc(C(F)(F)F)c1. The minimum absolute atomic E-state index is 0.00648. The lowest BCUT2D eigenvalue weighted by atomic mass is 10.1. The van der Waals surface area contributed by atoms with Gasteiger partial charge in [-0.1, -0.05) is 17.9 Å². The van der Waals surface area contributed by atoms with Crippen LogP contribution in [0.3, 0.4) is 0 Å². The number of nitrogens with one attached hydrogen (secondary N) is 1. The number of fused-ring (bicyclic) bond motifs is 1. The zero-order valence-electron chi connectivity index (χ0n) is 15.8. The minimum Gasteiger partial charge on any atom is -0.486 e. The summed E-state index contributed by atoms with van der Waals surface area (Å²) in [6, 6.07) is 9.51. The van der Waals surface area contributed by atoms with Crippen molar-refractivity contribution in [3.8, 4) is 23.3 Å². The Hall–Kier alpha value is -3.47. The average molecular weight is 417 g/mol. The molecule has 1 aliphatic heterocycles. The Balaban J connectivity index is 1.46. The van der Waals surface area contributed by atoms with E-state index in [0.717, 1.165) is 12.1 Å². The lowest BCUT2D eigenvalue weighted by Crippen LogP contribution is -2.24. The van der Waals surface area contributed by atoms with Crippen molar-refractivity contribution in [2.45, 2.75) is 19.0 Å². The number of hydrogen-bond donors (Lipinski definition) is 1. The number of halogens is 3. The molecule has 0 spiro atoms. The number of carbonyl (C=O) groups excluding carboxylic acids is 2. The van der Waals surface area contributed by atoms with Crippen molar-refractivity contribution in [2.75, 3.05) is 19.8 Å². The third-order valence-corrected chi connectivity index (χ3v) is 4.24. The van der Waals surface area contributed by atoms with Gasteiger partial charge in [0.1, 0.15) is 13.2 Å². The summed E-state index contributed by atoms with van der Waals surface area (Å²) in [5, 5.41) is 2.52. The highest BCUT2D eigenvalue weighted by Gasteiger charge is 2.30. The molecule has 2 aromatic rings. The summed E-state index contributed by atoms with van der Waals surface area (Å²) >= 11 is 0. The smallest absolute Gasteiger partial charge is 0.416 e. The number of carbonyl (C=O) groups is 2. The number of hydrogen-bond acceptors (Lipinski definition) is 4. The van der Waals surface area contributed by atoms with Crippen molar-refractivity contribution >= 4 is 11.7 Å². The molecule has 1 aliphatic rings. The van der Waals surface area contributed by atoms with E-state index in [1.807, 2.05) is 0 Å². The van der Waals surface area contributed by atoms with E-state index in [2.05, 4.69) is 17.2 Å². The van der Waals surface area contributed by atoms with Crippen LogP contribution in [0.4, 0.5) is 13.2 Å². The standard InChI is InChI=1S/C22H18F3NO4/c23-22(24,25)17-5-1-3-15(13-17)4-2-10-26-21(28)9-7-18(27)16-6-8-19-20(14-16)30-12-11-29-19/h1,3,5-6,8,13-14H,7,9-12H2,(H,26,28). The van der Waals surface area contributed by atoms with E-state index in [4.69, 9.17) is 9.47 Å². The van der Waals surface area contributed by atoms with E-state index in [-0.39, 0.29) is 36.6 Å². The van der Waals surface area contributed by atoms with Gasteiger partial charge in [-0.05, 0) is 36.4 Å². The Morgan fingerprint density at radius 3 is 2.53 bits per heavy atom. The second-order valence-electron chi connectivity index (χ2n) is 6.44. The minimum atomic E-state index is -4.43. The first-order valence-electron chi connectivity index (χ1n) is 9.18. The van der Waals surface area contributed by atoms with Crippen LogP contribution >= 0.6 is 0 Å². The van der Waals surface area contributed by atoms with Crippen molar-refractivity contribution < 1.29 is 32.2 Å². The zero-order valence-corrected chi connectivity index (χ0v) is 15.8. The number of alkyl halides is 3. The lowest BCUT2D eigenvalue weighted by molar-refractivity contribution is -0.137. The fourth-order valence-electron chi connectivity index (χ4n) is 2.74. The number of rotatable bonds is 5. The molecule has 0 fully saturated rings. The summed E-state index contributed by atoms with van der Waals surface area (Å²) in [5.74, 6) is 5.67. The molecule has 8 heteroatoms. The van der Waals surface area contributed by atoms with E-state index >= 15 is 0 Å². The normalized spacial score (nSPS) is 12.5. The highest BCUT2D eigenvalue weighted by molar-refractivity contribution is 5.98. The average Bonchev–Trinajstić information content (AvgIpc) is 2.74. The van der Waals surface area contributed by atoms with Crippen LogP contribution in [0.5, 0.6) is 11.5 Å². The van der Waals surface area contributed by atoms with Crippen molar-refractivity contribution in [3.05, 3.63) is 59.2 Å². The van der Waals surface area contributed by atoms with E-state index < -0.39 is 11.7 Å². The molecule has 0 saturated carbocycles. The van der Waals surface area contributed by atoms with Gasteiger partial charge in [0.05, 0.1) is 12.1 Å². The largest absolute Gasteiger partial charge is 0.486 e. The first-order valence-corrected chi connectivity index (χ1v) is 9.18. The van der Waals surface area contributed by atoms with Crippen molar-refractivity contribution in [1.82, 2.24) is 5.32 Å². The Labute approximate surface area is 171 Å². The fraction of sp³-hybridized carbons (Fsp3) is 0.273. The Bertz CT molecular complexity index is 1010. The van der Waals surface area contributed by atoms with Crippen LogP contribution in [0.15, 0.2) is 42.5 Å². The summed E-state index contributed by atoms with van der Waals surface area (Å²) in [4.78, 5) is 24.2. The molecule has 0 aromatic heterocycles. The van der Waals surface area contributed by atoms with Crippen LogP contribution in [-0.2, 0) is 11.0 Å². The summed E-state index contributed by atoms with van der Waals surface area (Å²) in [5.41, 5.74) is -0.153. The maximum atomic E-state index is 12.7. The van der Waals surface area contributed by atoms with Crippen LogP contribution in [0, 0.1) is 11.8 Å². The van der Waals surface area contributed by atoms with Crippen LogP contribution < -0.4 is 14.8 Å². The summed E-state index contributed by atoms with van der Waals surface area (Å²) in [6.45, 7) is 0.832. The Morgan fingerprint density at radius 1 is 1.00 bits per heavy atom. The topological polar surface area (TPSA) is 64.6 Å². The van der Waals surface area contributed by atoms with Crippen LogP contribution in [0.1, 0.15) is 34.3 Å². The zero-order chi connectivity index (χ0) is 21.6. The predicted octanol–water partition coefficient (Wildman–Crippen LogP) is 3.61. The third kappa shape index (κ3) is 5.77. The number of Topliss-reactive ketones (excluding diaryl/α,β-unsaturated/α-hetero) is 1. The van der Waals surface area contributed by atoms with Crippen LogP contribution in [0.2, 0.25) is 0 Å². The predicted molar refractivity (Wildman–Crippen MR) is 102 cm³/mol. The van der Waals surface area contributed by atoms with Gasteiger partial charge in [0.25, 0.3) is 0 Å². The number of ether oxygens (including phenoxy) is 2. The van der Waals surface area contributed by atoms with E-state index in [1.165, 1.54) is 12.1 Å². The maximum absolute atomic E-state index is 12.7. The molecule has 0 atom stereocenters. The number of amides is 1. The van der Waals surface area contributed by atoms with Gasteiger partial charge in [-0.3, -0.25) is 9.59 Å². The maximum Gasteiger partial charge on any atom is 0.416 e. The van der Waals surface area contributed by atoms with Gasteiger partial charge in [0.2, 0.25) is 5.91 Å². The van der Waals surface area contributed by atoms with Gasteiger partial charge in [-0.2, -0.15) is 13.2 Å².